The first-order chi connectivity index (χ1) is 11.6. The van der Waals surface area contributed by atoms with Crippen LogP contribution in [-0.2, 0) is 11.3 Å². The molecule has 1 atom stereocenters. The van der Waals surface area contributed by atoms with Gasteiger partial charge in [-0.2, -0.15) is 0 Å². The van der Waals surface area contributed by atoms with Gasteiger partial charge in [0.05, 0.1) is 6.10 Å². The van der Waals surface area contributed by atoms with Crippen LogP contribution >= 0.6 is 0 Å². The molecule has 0 aromatic heterocycles. The van der Waals surface area contributed by atoms with E-state index in [1.54, 1.807) is 19.2 Å². The van der Waals surface area contributed by atoms with Crippen molar-refractivity contribution in [2.75, 3.05) is 13.7 Å². The summed E-state index contributed by atoms with van der Waals surface area (Å²) in [5, 5.41) is 3.01. The number of nitrogens with one attached hydrogen (secondary N) is 1. The van der Waals surface area contributed by atoms with Crippen molar-refractivity contribution in [3.63, 3.8) is 0 Å². The van der Waals surface area contributed by atoms with E-state index in [-0.39, 0.29) is 24.0 Å². The molecule has 2 rings (SSSR count). The van der Waals surface area contributed by atoms with Crippen molar-refractivity contribution in [3.8, 4) is 0 Å². The first-order valence-corrected chi connectivity index (χ1v) is 8.92. The summed E-state index contributed by atoms with van der Waals surface area (Å²) in [5.41, 5.74) is 0.961. The number of amides is 2. The number of methoxy groups -OCH3 is 1. The Morgan fingerprint density at radius 3 is 2.58 bits per heavy atom. The predicted molar refractivity (Wildman–Crippen MR) is 93.3 cm³/mol. The van der Waals surface area contributed by atoms with Crippen LogP contribution in [0.15, 0.2) is 24.3 Å². The molecule has 0 bridgehead atoms. The molecule has 134 valence electrons. The average molecular weight is 336 g/mol. The summed E-state index contributed by atoms with van der Waals surface area (Å²) in [6.07, 6.45) is 6.58. The molecule has 24 heavy (non-hydrogen) atoms. The molecular weight excluding hydrogens is 307 g/mol. The molecule has 0 saturated heterocycles. The van der Waals surface area contributed by atoms with Gasteiger partial charge in [-0.05, 0) is 43.9 Å². The molecule has 1 N–H and O–H groups in total. The Morgan fingerprint density at radius 1 is 1.29 bits per heavy atom. The third-order valence-electron chi connectivity index (χ3n) is 4.77. The molecule has 1 aliphatic carbocycles. The smallest absolute Gasteiger partial charge is 0.317 e. The molecule has 2 amide bonds. The number of hydrogen-bond donors (Lipinski definition) is 1. The van der Waals surface area contributed by atoms with Crippen LogP contribution in [0.4, 0.5) is 9.18 Å². The Morgan fingerprint density at radius 2 is 1.96 bits per heavy atom. The number of nitrogens with zero attached hydrogens (tertiary/aromatic N) is 1. The second-order valence-electron chi connectivity index (χ2n) is 6.61. The maximum atomic E-state index is 13.1. The lowest BCUT2D eigenvalue weighted by atomic mass is 9.94. The average Bonchev–Trinajstić information content (AvgIpc) is 2.61. The van der Waals surface area contributed by atoms with Gasteiger partial charge in [0, 0.05) is 26.2 Å². The van der Waals surface area contributed by atoms with Gasteiger partial charge in [0.15, 0.2) is 0 Å². The van der Waals surface area contributed by atoms with E-state index in [1.165, 1.54) is 31.4 Å². The Labute approximate surface area is 144 Å². The fraction of sp³-hybridized carbons (Fsp3) is 0.632. The molecule has 0 unspecified atom stereocenters. The summed E-state index contributed by atoms with van der Waals surface area (Å²) in [4.78, 5) is 14.6. The largest absolute Gasteiger partial charge is 0.382 e. The van der Waals surface area contributed by atoms with E-state index >= 15 is 0 Å². The van der Waals surface area contributed by atoms with Crippen LogP contribution in [0.5, 0.6) is 0 Å². The molecule has 1 fully saturated rings. The Kier molecular flexibility index (Phi) is 7.50. The van der Waals surface area contributed by atoms with Gasteiger partial charge >= 0.3 is 6.03 Å². The number of carbonyl (C=O) groups is 1. The van der Waals surface area contributed by atoms with E-state index in [1.807, 2.05) is 11.8 Å². The van der Waals surface area contributed by atoms with Crippen molar-refractivity contribution in [1.29, 1.82) is 0 Å². The summed E-state index contributed by atoms with van der Waals surface area (Å²) in [6, 6.07) is 6.65. The van der Waals surface area contributed by atoms with Crippen LogP contribution in [-0.4, -0.2) is 36.7 Å². The second-order valence-corrected chi connectivity index (χ2v) is 6.61. The minimum Gasteiger partial charge on any atom is -0.382 e. The van der Waals surface area contributed by atoms with Gasteiger partial charge in [-0.25, -0.2) is 9.18 Å². The first-order valence-electron chi connectivity index (χ1n) is 8.92. The van der Waals surface area contributed by atoms with Crippen molar-refractivity contribution in [2.24, 2.45) is 0 Å². The molecular formula is C19H29FN2O2. The number of urea groups is 1. The summed E-state index contributed by atoms with van der Waals surface area (Å²) in [6.45, 7) is 3.11. The van der Waals surface area contributed by atoms with Gasteiger partial charge < -0.3 is 15.0 Å². The van der Waals surface area contributed by atoms with Crippen LogP contribution < -0.4 is 5.32 Å². The fourth-order valence-electron chi connectivity index (χ4n) is 3.15. The number of ether oxygens (including phenoxy) is 1. The van der Waals surface area contributed by atoms with Crippen LogP contribution in [0.1, 0.15) is 51.0 Å². The highest BCUT2D eigenvalue weighted by molar-refractivity contribution is 5.74. The Balaban J connectivity index is 1.98. The highest BCUT2D eigenvalue weighted by atomic mass is 19.1. The number of halogens is 1. The van der Waals surface area contributed by atoms with Crippen LogP contribution in [0.2, 0.25) is 0 Å². The highest BCUT2D eigenvalue weighted by Crippen LogP contribution is 2.24. The standard InChI is InChI=1S/C19H29FN2O2/c1-15(24-2)12-13-21-19(23)22(18-6-4-3-5-7-18)14-16-8-10-17(20)11-9-16/h8-11,15,18H,3-7,12-14H2,1-2H3,(H,21,23)/t15-/m0/s1. The van der Waals surface area contributed by atoms with Crippen LogP contribution in [0, 0.1) is 5.82 Å². The molecule has 1 saturated carbocycles. The minimum atomic E-state index is -0.249. The van der Waals surface area contributed by atoms with Gasteiger partial charge in [0.1, 0.15) is 5.82 Å². The SMILES string of the molecule is CO[C@@H](C)CCNC(=O)N(Cc1ccc(F)cc1)C1CCCCC1. The van der Waals surface area contributed by atoms with Crippen molar-refractivity contribution < 1.29 is 13.9 Å². The molecule has 0 heterocycles. The number of carbonyl (C=O) groups excluding carboxylic acids is 1. The third-order valence-corrected chi connectivity index (χ3v) is 4.77. The van der Waals surface area contributed by atoms with E-state index in [0.29, 0.717) is 13.1 Å². The Bertz CT molecular complexity index is 501. The lowest BCUT2D eigenvalue weighted by Crippen LogP contribution is -2.47. The number of hydrogen-bond acceptors (Lipinski definition) is 2. The van der Waals surface area contributed by atoms with E-state index in [2.05, 4.69) is 5.32 Å². The van der Waals surface area contributed by atoms with Gasteiger partial charge in [-0.3, -0.25) is 0 Å². The van der Waals surface area contributed by atoms with Crippen molar-refractivity contribution >= 4 is 6.03 Å². The zero-order valence-electron chi connectivity index (χ0n) is 14.8. The lowest BCUT2D eigenvalue weighted by molar-refractivity contribution is 0.109. The van der Waals surface area contributed by atoms with E-state index in [9.17, 15) is 9.18 Å². The highest BCUT2D eigenvalue weighted by Gasteiger charge is 2.25. The monoisotopic (exact) mass is 336 g/mol. The van der Waals surface area contributed by atoms with Crippen molar-refractivity contribution in [3.05, 3.63) is 35.6 Å². The van der Waals surface area contributed by atoms with Crippen molar-refractivity contribution in [1.82, 2.24) is 10.2 Å². The van der Waals surface area contributed by atoms with Gasteiger partial charge in [-0.1, -0.05) is 31.4 Å². The summed E-state index contributed by atoms with van der Waals surface area (Å²) >= 11 is 0. The minimum absolute atomic E-state index is 0.0328. The predicted octanol–water partition coefficient (Wildman–Crippen LogP) is 4.10. The van der Waals surface area contributed by atoms with Crippen LogP contribution in [0.25, 0.3) is 0 Å². The lowest BCUT2D eigenvalue weighted by Gasteiger charge is -2.34. The quantitative estimate of drug-likeness (QED) is 0.814. The molecule has 1 aromatic carbocycles. The van der Waals surface area contributed by atoms with E-state index < -0.39 is 0 Å². The normalized spacial score (nSPS) is 16.6. The molecule has 0 spiro atoms. The summed E-state index contributed by atoms with van der Waals surface area (Å²) in [7, 11) is 1.68. The number of benzene rings is 1. The molecule has 1 aromatic rings. The van der Waals surface area contributed by atoms with Gasteiger partial charge in [-0.15, -0.1) is 0 Å². The van der Waals surface area contributed by atoms with Crippen molar-refractivity contribution in [2.45, 2.75) is 64.1 Å². The summed E-state index contributed by atoms with van der Waals surface area (Å²) < 4.78 is 18.3. The molecule has 0 radical (unpaired) electrons. The third kappa shape index (κ3) is 5.78. The molecule has 5 heteroatoms. The fourth-order valence-corrected chi connectivity index (χ4v) is 3.15. The molecule has 1 aliphatic rings. The molecule has 0 aliphatic heterocycles. The number of rotatable bonds is 7. The second kappa shape index (κ2) is 9.62. The maximum absolute atomic E-state index is 13.1. The maximum Gasteiger partial charge on any atom is 0.317 e. The van der Waals surface area contributed by atoms with Gasteiger partial charge in [0.25, 0.3) is 0 Å². The molecule has 4 nitrogen and oxygen atoms in total. The topological polar surface area (TPSA) is 41.6 Å². The summed E-state index contributed by atoms with van der Waals surface area (Å²) in [5.74, 6) is -0.249. The van der Waals surface area contributed by atoms with E-state index in [4.69, 9.17) is 4.74 Å². The zero-order chi connectivity index (χ0) is 17.4. The van der Waals surface area contributed by atoms with Gasteiger partial charge in [0.2, 0.25) is 0 Å². The van der Waals surface area contributed by atoms with E-state index in [0.717, 1.165) is 24.8 Å². The zero-order valence-corrected chi connectivity index (χ0v) is 14.8. The Hall–Kier alpha value is -1.62. The first kappa shape index (κ1) is 18.7. The van der Waals surface area contributed by atoms with Crippen LogP contribution in [0.3, 0.4) is 0 Å².